The Hall–Kier alpha value is -3.82. The molecule has 0 aliphatic carbocycles. The summed E-state index contributed by atoms with van der Waals surface area (Å²) in [5.41, 5.74) is 3.59. The molecule has 0 unspecified atom stereocenters. The van der Waals surface area contributed by atoms with E-state index in [1.807, 2.05) is 60.8 Å². The van der Waals surface area contributed by atoms with Crippen LogP contribution >= 0.6 is 0 Å². The van der Waals surface area contributed by atoms with Crippen molar-refractivity contribution < 1.29 is 9.00 Å². The quantitative estimate of drug-likeness (QED) is 0.233. The van der Waals surface area contributed by atoms with E-state index in [9.17, 15) is 9.00 Å². The zero-order valence-electron chi connectivity index (χ0n) is 16.2. The molecule has 0 radical (unpaired) electrons. The van der Waals surface area contributed by atoms with Crippen molar-refractivity contribution in [3.05, 3.63) is 102 Å². The average Bonchev–Trinajstić information content (AvgIpc) is 3.26. The van der Waals surface area contributed by atoms with Crippen LogP contribution in [0.4, 0.5) is 0 Å². The molecule has 4 rings (SSSR count). The van der Waals surface area contributed by atoms with Crippen LogP contribution in [0.5, 0.6) is 0 Å². The van der Waals surface area contributed by atoms with Gasteiger partial charge in [-0.1, -0.05) is 55.2 Å². The van der Waals surface area contributed by atoms with Gasteiger partial charge in [-0.3, -0.25) is 9.78 Å². The zero-order valence-corrected chi connectivity index (χ0v) is 17.0. The molecular formula is C24H18N3O2S-. The van der Waals surface area contributed by atoms with E-state index < -0.39 is 16.5 Å². The molecule has 148 valence electrons. The largest absolute Gasteiger partial charge is 0.442 e. The van der Waals surface area contributed by atoms with Crippen molar-refractivity contribution in [2.24, 2.45) is 0 Å². The van der Waals surface area contributed by atoms with Crippen LogP contribution in [0.3, 0.4) is 0 Å². The van der Waals surface area contributed by atoms with Crippen LogP contribution in [0.25, 0.3) is 10.9 Å². The number of pyridine rings is 1. The maximum Gasteiger partial charge on any atom is 0.236 e. The van der Waals surface area contributed by atoms with Gasteiger partial charge in [0.2, 0.25) is 5.91 Å². The second-order valence-electron chi connectivity index (χ2n) is 6.61. The normalized spacial score (nSPS) is 12.0. The van der Waals surface area contributed by atoms with E-state index >= 15 is 0 Å². The minimum absolute atomic E-state index is 0.302. The maximum absolute atomic E-state index is 12.5. The molecule has 0 aliphatic rings. The third kappa shape index (κ3) is 4.43. The van der Waals surface area contributed by atoms with E-state index in [0.29, 0.717) is 16.0 Å². The molecule has 6 heteroatoms. The van der Waals surface area contributed by atoms with Gasteiger partial charge in [-0.25, -0.2) is 0 Å². The van der Waals surface area contributed by atoms with E-state index in [2.05, 4.69) is 26.5 Å². The number of aromatic amines is 1. The number of hydrogen-bond acceptors (Lipinski definition) is 4. The van der Waals surface area contributed by atoms with Crippen molar-refractivity contribution in [2.45, 2.75) is 6.92 Å². The fourth-order valence-corrected chi connectivity index (χ4v) is 3.69. The Kier molecular flexibility index (Phi) is 5.64. The van der Waals surface area contributed by atoms with Gasteiger partial charge in [0.15, 0.2) is 0 Å². The lowest BCUT2D eigenvalue weighted by Crippen LogP contribution is -2.24. The molecule has 2 heterocycles. The fraction of sp³-hybridized carbons (Fsp3) is 0.0417. The molecule has 0 fully saturated rings. The molecule has 0 saturated carbocycles. The van der Waals surface area contributed by atoms with E-state index in [-0.39, 0.29) is 0 Å². The first-order valence-electron chi connectivity index (χ1n) is 9.26. The number of H-pyrrole nitrogens is 1. The third-order valence-corrected chi connectivity index (χ3v) is 5.71. The first-order valence-corrected chi connectivity index (χ1v) is 10.4. The highest BCUT2D eigenvalue weighted by Gasteiger charge is 2.04. The Bertz CT molecular complexity index is 1370. The number of nitrogens with one attached hydrogen (secondary N) is 2. The van der Waals surface area contributed by atoms with Crippen LogP contribution < -0.4 is 4.72 Å². The third-order valence-electron chi connectivity index (χ3n) is 4.55. The Morgan fingerprint density at radius 2 is 1.77 bits per heavy atom. The summed E-state index contributed by atoms with van der Waals surface area (Å²) in [5, 5.41) is 1.12. The van der Waals surface area contributed by atoms with Gasteiger partial charge in [-0.2, -0.15) is 10.6 Å². The maximum atomic E-state index is 12.5. The standard InChI is InChI=1S/C24H18N3O2S/c1-17(20-5-3-2-4-6-20)30(29)27-24(28)22-13-19(15-25-16-22)8-7-18-9-10-21-11-12-26-23(21)14-18/h2-6,9-16,26H,1H3,(H,27,28,29)/q-1. The molecule has 4 aromatic rings. The molecule has 1 amide bonds. The molecule has 0 bridgehead atoms. The fourth-order valence-electron chi connectivity index (χ4n) is 2.90. The van der Waals surface area contributed by atoms with Crippen molar-refractivity contribution in [1.29, 1.82) is 0 Å². The predicted molar refractivity (Wildman–Crippen MR) is 120 cm³/mol. The second-order valence-corrected chi connectivity index (χ2v) is 7.97. The molecule has 0 aliphatic heterocycles. The number of carbonyl (C=O) groups excluding carboxylic acids is 1. The molecule has 2 aromatic heterocycles. The lowest BCUT2D eigenvalue weighted by atomic mass is 10.1. The van der Waals surface area contributed by atoms with Crippen molar-refractivity contribution in [3.8, 4) is 11.8 Å². The summed E-state index contributed by atoms with van der Waals surface area (Å²) in [5.74, 6) is 5.65. The van der Waals surface area contributed by atoms with Crippen LogP contribution in [-0.2, 0) is 14.8 Å². The summed E-state index contributed by atoms with van der Waals surface area (Å²) in [6.07, 6.45) is 4.91. The highest BCUT2D eigenvalue weighted by Crippen LogP contribution is 2.13. The van der Waals surface area contributed by atoms with Crippen LogP contribution in [-0.4, -0.2) is 20.7 Å². The number of hydrogen-bond donors (Lipinski definition) is 2. The second kappa shape index (κ2) is 8.68. The van der Waals surface area contributed by atoms with Gasteiger partial charge in [-0.15, -0.1) is 4.86 Å². The average molecular weight is 412 g/mol. The number of fused-ring (bicyclic) bond motifs is 1. The minimum Gasteiger partial charge on any atom is -0.442 e. The van der Waals surface area contributed by atoms with Gasteiger partial charge in [0, 0.05) is 35.2 Å². The molecule has 5 nitrogen and oxygen atoms in total. The number of nitrogens with zero attached hydrogens (tertiary/aromatic N) is 1. The summed E-state index contributed by atoms with van der Waals surface area (Å²) in [7, 11) is -1.65. The summed E-state index contributed by atoms with van der Waals surface area (Å²) in [6, 6.07) is 18.8. The van der Waals surface area contributed by atoms with Crippen molar-refractivity contribution >= 4 is 32.2 Å². The SMILES string of the molecule is CC(c1ccccc1)=[S-](=O)NC(=O)c1cncc(C#Cc2ccc3cc[nH]c3c2)c1. The molecular weight excluding hydrogens is 394 g/mol. The lowest BCUT2D eigenvalue weighted by molar-refractivity contribution is 0.0983. The predicted octanol–water partition coefficient (Wildman–Crippen LogP) is 3.81. The number of carbonyl (C=O) groups is 1. The summed E-state index contributed by atoms with van der Waals surface area (Å²) in [4.78, 5) is 20.4. The van der Waals surface area contributed by atoms with Crippen LogP contribution in [0, 0.1) is 11.8 Å². The number of benzene rings is 2. The van der Waals surface area contributed by atoms with Gasteiger partial charge in [0.1, 0.15) is 0 Å². The first kappa shape index (κ1) is 19.5. The molecule has 30 heavy (non-hydrogen) atoms. The smallest absolute Gasteiger partial charge is 0.236 e. The van der Waals surface area contributed by atoms with Crippen molar-refractivity contribution in [1.82, 2.24) is 14.7 Å². The van der Waals surface area contributed by atoms with Crippen molar-refractivity contribution in [2.75, 3.05) is 0 Å². The van der Waals surface area contributed by atoms with Crippen molar-refractivity contribution in [3.63, 3.8) is 0 Å². The van der Waals surface area contributed by atoms with Gasteiger partial charge in [0.25, 0.3) is 0 Å². The molecule has 0 saturated heterocycles. The number of amides is 1. The Balaban J connectivity index is 1.53. The Labute approximate surface area is 176 Å². The van der Waals surface area contributed by atoms with E-state index in [1.165, 1.54) is 6.20 Å². The van der Waals surface area contributed by atoms with Crippen LogP contribution in [0.15, 0.2) is 79.3 Å². The molecule has 0 spiro atoms. The van der Waals surface area contributed by atoms with E-state index in [1.54, 1.807) is 19.2 Å². The van der Waals surface area contributed by atoms with E-state index in [4.69, 9.17) is 0 Å². The monoisotopic (exact) mass is 412 g/mol. The summed E-state index contributed by atoms with van der Waals surface area (Å²) in [6.45, 7) is 1.73. The lowest BCUT2D eigenvalue weighted by Gasteiger charge is -2.14. The van der Waals surface area contributed by atoms with Crippen LogP contribution in [0.1, 0.15) is 34.0 Å². The molecule has 0 atom stereocenters. The Morgan fingerprint density at radius 3 is 2.60 bits per heavy atom. The summed E-state index contributed by atoms with van der Waals surface area (Å²) >= 11 is 0. The highest BCUT2D eigenvalue weighted by atomic mass is 32.2. The first-order chi connectivity index (χ1) is 14.6. The Morgan fingerprint density at radius 1 is 0.967 bits per heavy atom. The highest BCUT2D eigenvalue weighted by molar-refractivity contribution is 7.84. The zero-order chi connectivity index (χ0) is 20.9. The van der Waals surface area contributed by atoms with E-state index in [0.717, 1.165) is 22.0 Å². The summed E-state index contributed by atoms with van der Waals surface area (Å²) < 4.78 is 15.0. The number of rotatable bonds is 3. The number of aromatic nitrogens is 2. The van der Waals surface area contributed by atoms with Gasteiger partial charge >= 0.3 is 0 Å². The molecule has 2 N–H and O–H groups in total. The topological polar surface area (TPSA) is 74.8 Å². The van der Waals surface area contributed by atoms with Gasteiger partial charge in [-0.05, 0) is 35.2 Å². The van der Waals surface area contributed by atoms with Crippen LogP contribution in [0.2, 0.25) is 0 Å². The molecule has 2 aromatic carbocycles. The van der Waals surface area contributed by atoms with Gasteiger partial charge < -0.3 is 13.9 Å². The minimum atomic E-state index is -1.65. The van der Waals surface area contributed by atoms with Gasteiger partial charge in [0.05, 0.1) is 5.56 Å².